The molecule has 0 spiro atoms. The molecule has 7 nitrogen and oxygen atoms in total. The van der Waals surface area contributed by atoms with E-state index in [0.29, 0.717) is 24.1 Å². The molecule has 1 aliphatic heterocycles. The second kappa shape index (κ2) is 7.84. The molecule has 2 heterocycles. The van der Waals surface area contributed by atoms with E-state index < -0.39 is 10.0 Å². The number of fused-ring (bicyclic) bond motifs is 1. The molecule has 0 fully saturated rings. The number of phenols is 1. The van der Waals surface area contributed by atoms with Gasteiger partial charge >= 0.3 is 0 Å². The number of aromatic nitrogens is 1. The molecule has 0 saturated carbocycles. The van der Waals surface area contributed by atoms with Crippen molar-refractivity contribution < 1.29 is 13.5 Å². The molecule has 0 aliphatic carbocycles. The van der Waals surface area contributed by atoms with Gasteiger partial charge in [-0.1, -0.05) is 24.3 Å². The number of hydrogen-bond donors (Lipinski definition) is 1. The normalized spacial score (nSPS) is 14.6. The lowest BCUT2D eigenvalue weighted by Gasteiger charge is -2.19. The van der Waals surface area contributed by atoms with Gasteiger partial charge in [0.2, 0.25) is 0 Å². The van der Waals surface area contributed by atoms with E-state index in [1.807, 2.05) is 12.1 Å². The van der Waals surface area contributed by atoms with E-state index >= 15 is 0 Å². The summed E-state index contributed by atoms with van der Waals surface area (Å²) in [5, 5.41) is 16.0. The second-order valence-corrected chi connectivity index (χ2v) is 7.99. The zero-order chi connectivity index (χ0) is 20.3. The summed E-state index contributed by atoms with van der Waals surface area (Å²) < 4.78 is 28.9. The number of amidine groups is 1. The average molecular weight is 406 g/mol. The summed E-state index contributed by atoms with van der Waals surface area (Å²) in [7, 11) is -3.76. The first-order chi connectivity index (χ1) is 14.0. The Morgan fingerprint density at radius 1 is 1.00 bits per heavy atom. The lowest BCUT2D eigenvalue weighted by atomic mass is 10.1. The molecule has 29 heavy (non-hydrogen) atoms. The fourth-order valence-electron chi connectivity index (χ4n) is 3.01. The largest absolute Gasteiger partial charge is 0.507 e. The SMILES string of the molecule is O=S1(=O)N=C(N(CCc2ccncc2)/N=C\c2ccccc2O)c2ccccc21. The van der Waals surface area contributed by atoms with Gasteiger partial charge in [-0.05, 0) is 48.4 Å². The number of rotatable bonds is 5. The molecule has 146 valence electrons. The molecule has 1 aliphatic rings. The van der Waals surface area contributed by atoms with Crippen LogP contribution in [0.5, 0.6) is 5.75 Å². The summed E-state index contributed by atoms with van der Waals surface area (Å²) in [4.78, 5) is 4.18. The Morgan fingerprint density at radius 2 is 1.72 bits per heavy atom. The quantitative estimate of drug-likeness (QED) is 0.519. The van der Waals surface area contributed by atoms with Crippen LogP contribution < -0.4 is 0 Å². The molecule has 1 aromatic heterocycles. The summed E-state index contributed by atoms with van der Waals surface area (Å²) >= 11 is 0. The number of sulfonamides is 1. The molecule has 8 heteroatoms. The smallest absolute Gasteiger partial charge is 0.285 e. The average Bonchev–Trinajstić information content (AvgIpc) is 3.01. The number of pyridine rings is 1. The van der Waals surface area contributed by atoms with Crippen molar-refractivity contribution in [1.29, 1.82) is 0 Å². The van der Waals surface area contributed by atoms with Crippen molar-refractivity contribution in [2.45, 2.75) is 11.3 Å². The van der Waals surface area contributed by atoms with Gasteiger partial charge in [-0.3, -0.25) is 4.98 Å². The van der Waals surface area contributed by atoms with Gasteiger partial charge in [-0.2, -0.15) is 13.5 Å². The van der Waals surface area contributed by atoms with Crippen LogP contribution in [0.25, 0.3) is 0 Å². The highest BCUT2D eigenvalue weighted by Gasteiger charge is 2.31. The zero-order valence-electron chi connectivity index (χ0n) is 15.4. The minimum absolute atomic E-state index is 0.0896. The van der Waals surface area contributed by atoms with E-state index in [-0.39, 0.29) is 16.5 Å². The highest BCUT2D eigenvalue weighted by atomic mass is 32.2. The second-order valence-electron chi connectivity index (χ2n) is 6.42. The first-order valence-electron chi connectivity index (χ1n) is 8.97. The number of para-hydroxylation sites is 1. The molecule has 2 aromatic carbocycles. The number of nitrogens with zero attached hydrogens (tertiary/aromatic N) is 4. The van der Waals surface area contributed by atoms with Crippen LogP contribution in [-0.4, -0.2) is 42.1 Å². The third kappa shape index (κ3) is 4.02. The Morgan fingerprint density at radius 3 is 2.52 bits per heavy atom. The van der Waals surface area contributed by atoms with Crippen LogP contribution in [0.3, 0.4) is 0 Å². The van der Waals surface area contributed by atoms with Gasteiger partial charge in [0.1, 0.15) is 10.6 Å². The van der Waals surface area contributed by atoms with E-state index in [9.17, 15) is 13.5 Å². The minimum atomic E-state index is -3.76. The summed E-state index contributed by atoms with van der Waals surface area (Å²) in [6.07, 6.45) is 5.52. The van der Waals surface area contributed by atoms with Crippen LogP contribution in [0.2, 0.25) is 0 Å². The van der Waals surface area contributed by atoms with Gasteiger partial charge in [-0.25, -0.2) is 5.01 Å². The number of hydrazone groups is 1. The molecule has 0 saturated heterocycles. The fraction of sp³-hybridized carbons (Fsp3) is 0.0952. The maximum atomic E-state index is 12.5. The predicted octanol–water partition coefficient (Wildman–Crippen LogP) is 2.81. The molecule has 3 aromatic rings. The third-order valence-corrected chi connectivity index (χ3v) is 5.82. The first-order valence-corrected chi connectivity index (χ1v) is 10.4. The van der Waals surface area contributed by atoms with Crippen molar-refractivity contribution >= 4 is 22.1 Å². The van der Waals surface area contributed by atoms with Gasteiger partial charge in [0, 0.05) is 30.1 Å². The highest BCUT2D eigenvalue weighted by Crippen LogP contribution is 2.28. The van der Waals surface area contributed by atoms with E-state index in [4.69, 9.17) is 0 Å². The molecule has 0 atom stereocenters. The van der Waals surface area contributed by atoms with E-state index in [2.05, 4.69) is 14.5 Å². The van der Waals surface area contributed by atoms with E-state index in [1.165, 1.54) is 12.3 Å². The summed E-state index contributed by atoms with van der Waals surface area (Å²) in [6, 6.07) is 17.3. The summed E-state index contributed by atoms with van der Waals surface area (Å²) in [5.41, 5.74) is 2.07. The van der Waals surface area contributed by atoms with E-state index in [0.717, 1.165) is 5.56 Å². The van der Waals surface area contributed by atoms with Crippen molar-refractivity contribution in [3.8, 4) is 5.75 Å². The van der Waals surface area contributed by atoms with Crippen molar-refractivity contribution in [3.63, 3.8) is 0 Å². The third-order valence-electron chi connectivity index (χ3n) is 4.49. The maximum Gasteiger partial charge on any atom is 0.285 e. The van der Waals surface area contributed by atoms with Gasteiger partial charge < -0.3 is 5.11 Å². The molecular weight excluding hydrogens is 388 g/mol. The summed E-state index contributed by atoms with van der Waals surface area (Å²) in [5.74, 6) is 0.355. The molecule has 0 unspecified atom stereocenters. The summed E-state index contributed by atoms with van der Waals surface area (Å²) in [6.45, 7) is 0.400. The monoisotopic (exact) mass is 406 g/mol. The van der Waals surface area contributed by atoms with E-state index in [1.54, 1.807) is 59.9 Å². The van der Waals surface area contributed by atoms with Crippen LogP contribution in [0.4, 0.5) is 0 Å². The van der Waals surface area contributed by atoms with Crippen molar-refractivity contribution in [3.05, 3.63) is 89.7 Å². The number of hydrogen-bond acceptors (Lipinski definition) is 6. The Bertz CT molecular complexity index is 1190. The fourth-order valence-corrected chi connectivity index (χ4v) is 4.21. The van der Waals surface area contributed by atoms with Crippen LogP contribution in [-0.2, 0) is 16.4 Å². The topological polar surface area (TPSA) is 95.2 Å². The predicted molar refractivity (Wildman–Crippen MR) is 111 cm³/mol. The van der Waals surface area contributed by atoms with Gasteiger partial charge in [-0.15, -0.1) is 4.40 Å². The number of aromatic hydroxyl groups is 1. The minimum Gasteiger partial charge on any atom is -0.507 e. The maximum absolute atomic E-state index is 12.5. The Balaban J connectivity index is 1.70. The van der Waals surface area contributed by atoms with Crippen LogP contribution >= 0.6 is 0 Å². The number of phenolic OH excluding ortho intramolecular Hbond substituents is 1. The molecule has 0 amide bonds. The molecular formula is C21H18N4O3S. The van der Waals surface area contributed by atoms with Crippen LogP contribution in [0.1, 0.15) is 16.7 Å². The molecule has 0 radical (unpaired) electrons. The van der Waals surface area contributed by atoms with Crippen LogP contribution in [0, 0.1) is 0 Å². The molecule has 4 rings (SSSR count). The Kier molecular flexibility index (Phi) is 5.09. The van der Waals surface area contributed by atoms with Crippen molar-refractivity contribution in [2.75, 3.05) is 6.54 Å². The van der Waals surface area contributed by atoms with Crippen molar-refractivity contribution in [2.24, 2.45) is 9.50 Å². The van der Waals surface area contributed by atoms with Crippen molar-refractivity contribution in [1.82, 2.24) is 9.99 Å². The van der Waals surface area contributed by atoms with Gasteiger partial charge in [0.05, 0.1) is 6.21 Å². The number of benzene rings is 2. The van der Waals surface area contributed by atoms with Gasteiger partial charge in [0.15, 0.2) is 5.84 Å². The first kappa shape index (κ1) is 18.8. The molecule has 1 N–H and O–H groups in total. The Hall–Kier alpha value is -3.52. The Labute approximate surface area is 168 Å². The zero-order valence-corrected chi connectivity index (χ0v) is 16.2. The van der Waals surface area contributed by atoms with Gasteiger partial charge in [0.25, 0.3) is 10.0 Å². The molecule has 0 bridgehead atoms. The standard InChI is InChI=1S/C21H18N4O3S/c26-19-7-3-1-5-17(19)15-23-25(14-11-16-9-12-22-13-10-16)21-18-6-2-4-8-20(18)29(27,28)24-21/h1-10,12-13,15,26H,11,14H2/b23-15-. The van der Waals surface area contributed by atoms with Crippen LogP contribution in [0.15, 0.2) is 87.5 Å². The lowest BCUT2D eigenvalue weighted by molar-refractivity contribution is 0.451. The highest BCUT2D eigenvalue weighted by molar-refractivity contribution is 7.90. The lowest BCUT2D eigenvalue weighted by Crippen LogP contribution is -2.28.